The van der Waals surface area contributed by atoms with Crippen molar-refractivity contribution in [2.24, 2.45) is 5.84 Å². The number of hydrazine groups is 1. The van der Waals surface area contributed by atoms with Crippen LogP contribution in [0.5, 0.6) is 0 Å². The van der Waals surface area contributed by atoms with Gasteiger partial charge in [-0.2, -0.15) is 0 Å². The van der Waals surface area contributed by atoms with E-state index in [0.29, 0.717) is 17.4 Å². The molecule has 0 aliphatic heterocycles. The lowest BCUT2D eigenvalue weighted by molar-refractivity contribution is 0.704. The minimum atomic E-state index is 0.330. The van der Waals surface area contributed by atoms with E-state index < -0.39 is 0 Å². The first-order valence-corrected chi connectivity index (χ1v) is 2.48. The zero-order valence-electron chi connectivity index (χ0n) is 3.62. The highest BCUT2D eigenvalue weighted by atomic mass is 79.9. The molecule has 0 heterocycles. The van der Waals surface area contributed by atoms with Gasteiger partial charge in [0, 0.05) is 11.0 Å². The van der Waals surface area contributed by atoms with Crippen LogP contribution in [0.15, 0.2) is 10.8 Å². The molecule has 2 nitrogen and oxygen atoms in total. The van der Waals surface area contributed by atoms with Crippen LogP contribution in [0.1, 0.15) is 0 Å². The third-order valence-corrected chi connectivity index (χ3v) is 0.843. The van der Waals surface area contributed by atoms with Gasteiger partial charge in [0.1, 0.15) is 0 Å². The molecule has 7 heavy (non-hydrogen) atoms. The Kier molecular flexibility index (Phi) is 4.28. The zero-order valence-corrected chi connectivity index (χ0v) is 5.20. The molecule has 0 unspecified atom stereocenters. The topological polar surface area (TPSA) is 38.0 Å². The van der Waals surface area contributed by atoms with Crippen molar-refractivity contribution >= 4 is 15.9 Å². The summed E-state index contributed by atoms with van der Waals surface area (Å²) in [6.45, 7) is 0.330. The Hall–Kier alpha value is 0.0700. The van der Waals surface area contributed by atoms with Gasteiger partial charge in [0.05, 0.1) is 6.33 Å². The van der Waals surface area contributed by atoms with Crippen LogP contribution < -0.4 is 11.3 Å². The van der Waals surface area contributed by atoms with Crippen molar-refractivity contribution in [3.8, 4) is 0 Å². The first-order valence-electron chi connectivity index (χ1n) is 1.69. The largest absolute Gasteiger partial charge is 0.271 e. The third-order valence-electron chi connectivity index (χ3n) is 0.389. The quantitative estimate of drug-likeness (QED) is 0.470. The number of nitrogens with two attached hydrogens (primary N) is 1. The second-order valence-corrected chi connectivity index (χ2v) is 1.96. The van der Waals surface area contributed by atoms with Crippen molar-refractivity contribution in [1.29, 1.82) is 0 Å². The maximum absolute atomic E-state index is 11.3. The van der Waals surface area contributed by atoms with Gasteiger partial charge < -0.3 is 0 Å². The summed E-state index contributed by atoms with van der Waals surface area (Å²) in [6.07, 6.45) is 0.444. The summed E-state index contributed by atoms with van der Waals surface area (Å²) < 4.78 is 11.7. The lowest BCUT2D eigenvalue weighted by atomic mass is 10.6. The maximum atomic E-state index is 11.3. The van der Waals surface area contributed by atoms with E-state index in [2.05, 4.69) is 21.4 Å². The Labute approximate surface area is 49.7 Å². The summed E-state index contributed by atoms with van der Waals surface area (Å²) in [5.41, 5.74) is 2.26. The Morgan fingerprint density at radius 3 is 2.71 bits per heavy atom. The van der Waals surface area contributed by atoms with Crippen LogP contribution in [0.3, 0.4) is 0 Å². The van der Waals surface area contributed by atoms with Crippen molar-refractivity contribution in [3.63, 3.8) is 0 Å². The average Bonchev–Trinajstić information content (AvgIpc) is 1.68. The fourth-order valence-corrected chi connectivity index (χ4v) is 0.298. The highest BCUT2D eigenvalue weighted by molar-refractivity contribution is 9.11. The van der Waals surface area contributed by atoms with E-state index in [1.807, 2.05) is 0 Å². The summed E-state index contributed by atoms with van der Waals surface area (Å²) in [5.74, 6) is 4.82. The van der Waals surface area contributed by atoms with Gasteiger partial charge in [-0.3, -0.25) is 11.3 Å². The second-order valence-electron chi connectivity index (χ2n) is 0.937. The minimum Gasteiger partial charge on any atom is -0.271 e. The Morgan fingerprint density at radius 1 is 2.00 bits per heavy atom. The smallest absolute Gasteiger partial charge is 0.0981 e. The molecule has 42 valence electrons. The van der Waals surface area contributed by atoms with Crippen LogP contribution in [0.4, 0.5) is 4.39 Å². The standard InChI is InChI=1S/C3H6BrFN2/c4-3(1-5)2-7-6/h1,7H,2,6H2. The predicted octanol–water partition coefficient (Wildman–Crippen LogP) is 0.656. The van der Waals surface area contributed by atoms with Gasteiger partial charge in [-0.05, 0) is 0 Å². The Balaban J connectivity index is 3.17. The average molecular weight is 169 g/mol. The van der Waals surface area contributed by atoms with Gasteiger partial charge in [-0.25, -0.2) is 4.39 Å². The van der Waals surface area contributed by atoms with Crippen LogP contribution >= 0.6 is 15.9 Å². The van der Waals surface area contributed by atoms with Crippen LogP contribution in [0.2, 0.25) is 0 Å². The molecule has 0 fully saturated rings. The van der Waals surface area contributed by atoms with Crippen molar-refractivity contribution in [3.05, 3.63) is 10.8 Å². The summed E-state index contributed by atoms with van der Waals surface area (Å²) in [7, 11) is 0. The van der Waals surface area contributed by atoms with Gasteiger partial charge in [-0.1, -0.05) is 15.9 Å². The lowest BCUT2D eigenvalue weighted by Crippen LogP contribution is -2.22. The van der Waals surface area contributed by atoms with Gasteiger partial charge in [-0.15, -0.1) is 0 Å². The molecule has 0 aromatic heterocycles. The Bertz CT molecular complexity index is 73.3. The van der Waals surface area contributed by atoms with E-state index in [-0.39, 0.29) is 0 Å². The van der Waals surface area contributed by atoms with Gasteiger partial charge in [0.2, 0.25) is 0 Å². The molecular formula is C3H6BrFN2. The van der Waals surface area contributed by atoms with Crippen LogP contribution in [-0.2, 0) is 0 Å². The molecular weight excluding hydrogens is 163 g/mol. The molecule has 0 bridgehead atoms. The molecule has 4 heteroatoms. The number of hydrogen-bond acceptors (Lipinski definition) is 2. The van der Waals surface area contributed by atoms with Crippen LogP contribution in [0, 0.1) is 0 Å². The summed E-state index contributed by atoms with van der Waals surface area (Å²) in [4.78, 5) is 0. The molecule has 0 aliphatic rings. The van der Waals surface area contributed by atoms with E-state index in [9.17, 15) is 4.39 Å². The van der Waals surface area contributed by atoms with E-state index in [0.717, 1.165) is 0 Å². The van der Waals surface area contributed by atoms with Gasteiger partial charge >= 0.3 is 0 Å². The first kappa shape index (κ1) is 7.07. The van der Waals surface area contributed by atoms with Gasteiger partial charge in [0.15, 0.2) is 0 Å². The maximum Gasteiger partial charge on any atom is 0.0981 e. The predicted molar refractivity (Wildman–Crippen MR) is 30.3 cm³/mol. The molecule has 0 saturated heterocycles. The normalized spacial score (nSPS) is 12.1. The van der Waals surface area contributed by atoms with Crippen LogP contribution in [0.25, 0.3) is 0 Å². The van der Waals surface area contributed by atoms with Crippen molar-refractivity contribution in [1.82, 2.24) is 5.43 Å². The molecule has 0 aromatic rings. The number of rotatable bonds is 2. The van der Waals surface area contributed by atoms with Crippen molar-refractivity contribution in [2.45, 2.75) is 0 Å². The molecule has 0 spiro atoms. The van der Waals surface area contributed by atoms with E-state index in [4.69, 9.17) is 5.84 Å². The van der Waals surface area contributed by atoms with E-state index >= 15 is 0 Å². The fraction of sp³-hybridized carbons (Fsp3) is 0.333. The molecule has 3 N–H and O–H groups in total. The molecule has 0 atom stereocenters. The first-order chi connectivity index (χ1) is 3.31. The fourth-order valence-electron chi connectivity index (χ4n) is 0.136. The number of hydrogen-bond donors (Lipinski definition) is 2. The minimum absolute atomic E-state index is 0.330. The zero-order chi connectivity index (χ0) is 5.70. The highest BCUT2D eigenvalue weighted by Crippen LogP contribution is 2.00. The third kappa shape index (κ3) is 3.91. The number of halogens is 2. The number of nitrogens with one attached hydrogen (secondary N) is 1. The van der Waals surface area contributed by atoms with E-state index in [1.54, 1.807) is 0 Å². The summed E-state index contributed by atoms with van der Waals surface area (Å²) in [6, 6.07) is 0. The van der Waals surface area contributed by atoms with Crippen LogP contribution in [-0.4, -0.2) is 6.54 Å². The Morgan fingerprint density at radius 2 is 2.57 bits per heavy atom. The SMILES string of the molecule is NNCC(Br)=CF. The molecule has 0 aliphatic carbocycles. The molecule has 0 amide bonds. The monoisotopic (exact) mass is 168 g/mol. The molecule has 0 aromatic carbocycles. The molecule has 0 radical (unpaired) electrons. The van der Waals surface area contributed by atoms with Gasteiger partial charge in [0.25, 0.3) is 0 Å². The summed E-state index contributed by atoms with van der Waals surface area (Å²) >= 11 is 2.88. The molecule has 0 saturated carbocycles. The lowest BCUT2D eigenvalue weighted by Gasteiger charge is -1.90. The highest BCUT2D eigenvalue weighted by Gasteiger charge is 1.83. The van der Waals surface area contributed by atoms with E-state index in [1.165, 1.54) is 0 Å². The van der Waals surface area contributed by atoms with Crippen molar-refractivity contribution < 1.29 is 4.39 Å². The molecule has 0 rings (SSSR count). The second kappa shape index (κ2) is 4.23. The summed E-state index contributed by atoms with van der Waals surface area (Å²) in [5, 5.41) is 0. The van der Waals surface area contributed by atoms with Crippen molar-refractivity contribution in [2.75, 3.05) is 6.54 Å².